The number of thioether (sulfide) groups is 1. The Hall–Kier alpha value is -6.40. The number of aromatic nitrogens is 1. The number of carbonyl (C=O) groups excluding carboxylic acids is 6. The summed E-state index contributed by atoms with van der Waals surface area (Å²) >= 11 is 1.50. The molecule has 0 aliphatic carbocycles. The molecule has 0 saturated carbocycles. The number of aromatic amines is 1. The quantitative estimate of drug-likeness (QED) is 0.0245. The third-order valence-electron chi connectivity index (χ3n) is 10.5. The molecule has 0 fully saturated rings. The van der Waals surface area contributed by atoms with E-state index in [0.717, 1.165) is 22.0 Å². The number of carbonyl (C=O) groups is 6. The number of fused-ring (bicyclic) bond motifs is 1. The number of H-pyrrole nitrogens is 1. The molecule has 0 saturated heterocycles. The van der Waals surface area contributed by atoms with E-state index in [9.17, 15) is 28.8 Å². The van der Waals surface area contributed by atoms with Crippen LogP contribution in [0.1, 0.15) is 56.2 Å². The Balaban J connectivity index is 1.65. The Morgan fingerprint density at radius 1 is 0.625 bits per heavy atom. The smallest absolute Gasteiger partial charge is 0.243 e. The lowest BCUT2D eigenvalue weighted by molar-refractivity contribution is -0.135. The number of hydrogen-bond acceptors (Lipinski definition) is 9. The zero-order chi connectivity index (χ0) is 46.6. The highest BCUT2D eigenvalue weighted by Crippen LogP contribution is 2.20. The van der Waals surface area contributed by atoms with Gasteiger partial charge in [0.15, 0.2) is 5.96 Å². The number of amides is 6. The molecule has 3 aromatic carbocycles. The average Bonchev–Trinajstić information content (AvgIpc) is 3.68. The lowest BCUT2D eigenvalue weighted by Crippen LogP contribution is -2.60. The first kappa shape index (κ1) is 50.2. The summed E-state index contributed by atoms with van der Waals surface area (Å²) in [6.07, 6.45) is 4.94. The van der Waals surface area contributed by atoms with E-state index in [0.29, 0.717) is 24.2 Å². The van der Waals surface area contributed by atoms with E-state index in [1.54, 1.807) is 30.5 Å². The van der Waals surface area contributed by atoms with Crippen molar-refractivity contribution in [3.05, 3.63) is 108 Å². The molecule has 0 unspecified atom stereocenters. The van der Waals surface area contributed by atoms with E-state index < -0.39 is 71.7 Å². The molecule has 344 valence electrons. The monoisotopic (exact) mass is 897 g/mol. The van der Waals surface area contributed by atoms with Crippen LogP contribution in [0.2, 0.25) is 0 Å². The number of nitrogens with one attached hydrogen (secondary N) is 6. The molecule has 17 nitrogen and oxygen atoms in total. The summed E-state index contributed by atoms with van der Waals surface area (Å²) < 4.78 is 0. The van der Waals surface area contributed by atoms with Crippen molar-refractivity contribution in [3.8, 4) is 0 Å². The summed E-state index contributed by atoms with van der Waals surface area (Å²) in [7, 11) is 0. The maximum Gasteiger partial charge on any atom is 0.243 e. The number of guanidine groups is 1. The normalized spacial score (nSPS) is 14.0. The molecule has 1 aromatic heterocycles. The van der Waals surface area contributed by atoms with E-state index in [2.05, 4.69) is 36.6 Å². The minimum absolute atomic E-state index is 0.00893. The fourth-order valence-corrected chi connectivity index (χ4v) is 7.56. The largest absolute Gasteiger partial charge is 0.370 e. The number of para-hydroxylation sites is 1. The van der Waals surface area contributed by atoms with Gasteiger partial charge in [-0.2, -0.15) is 11.8 Å². The number of primary amides is 1. The molecular formula is C46H63N11O6S. The van der Waals surface area contributed by atoms with Crippen LogP contribution in [0, 0.1) is 5.92 Å². The molecule has 0 bridgehead atoms. The van der Waals surface area contributed by atoms with Gasteiger partial charge in [-0.3, -0.25) is 33.8 Å². The topological polar surface area (TPSA) is 295 Å². The number of benzene rings is 3. The van der Waals surface area contributed by atoms with Crippen molar-refractivity contribution < 1.29 is 28.8 Å². The number of nitrogens with two attached hydrogens (primary N) is 4. The second kappa shape index (κ2) is 25.6. The molecule has 6 atom stereocenters. The molecule has 0 radical (unpaired) electrons. The van der Waals surface area contributed by atoms with Crippen molar-refractivity contribution in [1.29, 1.82) is 0 Å². The van der Waals surface area contributed by atoms with Gasteiger partial charge in [0, 0.05) is 42.9 Å². The van der Waals surface area contributed by atoms with Gasteiger partial charge in [0.1, 0.15) is 30.2 Å². The summed E-state index contributed by atoms with van der Waals surface area (Å²) in [5.74, 6) is -3.41. The molecule has 4 rings (SSSR count). The Bertz CT molecular complexity index is 2180. The van der Waals surface area contributed by atoms with Gasteiger partial charge >= 0.3 is 0 Å². The highest BCUT2D eigenvalue weighted by Gasteiger charge is 2.34. The van der Waals surface area contributed by atoms with E-state index >= 15 is 0 Å². The summed E-state index contributed by atoms with van der Waals surface area (Å²) in [6.45, 7) is 4.06. The van der Waals surface area contributed by atoms with Crippen LogP contribution in [0.5, 0.6) is 0 Å². The van der Waals surface area contributed by atoms with Crippen LogP contribution in [-0.2, 0) is 48.0 Å². The number of hydrogen-bond donors (Lipinski definition) is 10. The first-order valence-corrected chi connectivity index (χ1v) is 22.8. The van der Waals surface area contributed by atoms with Gasteiger partial charge in [-0.15, -0.1) is 0 Å². The Morgan fingerprint density at radius 2 is 1.11 bits per heavy atom. The molecule has 6 amide bonds. The molecule has 1 heterocycles. The molecule has 0 spiro atoms. The standard InChI is InChI=1S/C46H63N11O6S/c1-28(2)23-36(42(60)53-35(40(48)58)20-22-64-3)55-45(63)39(26-31-27-52-34-19-11-10-17-32(31)34)57-44(62)38(25-30-15-8-5-9-16-30)56-43(61)37(24-29-13-6-4-7-14-29)54-41(59)33(47)18-12-21-51-46(49)50/h4-11,13-17,19,27-28,33,35-39,52H,12,18,20-26,47H2,1-3H3,(H2,48,58)(H,53,60)(H,54,59)(H,55,63)(H,56,61)(H,57,62)(H4,49,50,51)/t33-,35-,36-,37-,38-,39-/m0/s1. The third kappa shape index (κ3) is 16.4. The maximum absolute atomic E-state index is 14.6. The Labute approximate surface area is 378 Å². The first-order chi connectivity index (χ1) is 30.6. The number of aliphatic imine (C=N–C) groups is 1. The van der Waals surface area contributed by atoms with E-state index in [1.165, 1.54) is 11.8 Å². The molecule has 64 heavy (non-hydrogen) atoms. The van der Waals surface area contributed by atoms with Gasteiger partial charge in [0.25, 0.3) is 0 Å². The fourth-order valence-electron chi connectivity index (χ4n) is 7.09. The van der Waals surface area contributed by atoms with Crippen molar-refractivity contribution in [3.63, 3.8) is 0 Å². The van der Waals surface area contributed by atoms with Crippen LogP contribution in [-0.4, -0.2) is 101 Å². The van der Waals surface area contributed by atoms with Crippen molar-refractivity contribution in [2.45, 2.75) is 95.0 Å². The second-order valence-electron chi connectivity index (χ2n) is 16.1. The van der Waals surface area contributed by atoms with Crippen molar-refractivity contribution >= 4 is 64.1 Å². The number of rotatable bonds is 26. The van der Waals surface area contributed by atoms with Gasteiger partial charge in [0.2, 0.25) is 35.4 Å². The first-order valence-electron chi connectivity index (χ1n) is 21.4. The molecule has 0 aliphatic heterocycles. The Morgan fingerprint density at radius 3 is 1.64 bits per heavy atom. The lowest BCUT2D eigenvalue weighted by atomic mass is 9.99. The molecule has 18 heteroatoms. The van der Waals surface area contributed by atoms with Crippen LogP contribution in [0.3, 0.4) is 0 Å². The highest BCUT2D eigenvalue weighted by atomic mass is 32.2. The molecule has 0 aliphatic rings. The fraction of sp³-hybridized carbons (Fsp3) is 0.413. The minimum Gasteiger partial charge on any atom is -0.370 e. The summed E-state index contributed by atoms with van der Waals surface area (Å²) in [5.41, 5.74) is 25.7. The van der Waals surface area contributed by atoms with Gasteiger partial charge in [-0.25, -0.2) is 0 Å². The summed E-state index contributed by atoms with van der Waals surface area (Å²) in [6, 6.07) is 19.0. The summed E-state index contributed by atoms with van der Waals surface area (Å²) in [5, 5.41) is 14.9. The average molecular weight is 898 g/mol. The van der Waals surface area contributed by atoms with E-state index in [1.807, 2.05) is 80.8 Å². The second-order valence-corrected chi connectivity index (χ2v) is 17.1. The predicted molar refractivity (Wildman–Crippen MR) is 251 cm³/mol. The Kier molecular flexibility index (Phi) is 20.1. The van der Waals surface area contributed by atoms with Crippen molar-refractivity contribution in [2.75, 3.05) is 18.6 Å². The molecule has 14 N–H and O–H groups in total. The number of nitrogens with zero attached hydrogens (tertiary/aromatic N) is 1. The van der Waals surface area contributed by atoms with Crippen LogP contribution >= 0.6 is 11.8 Å². The SMILES string of the molecule is CSCC[C@H](NC(=O)[C@H](CC(C)C)NC(=O)[C@H](Cc1c[nH]c2ccccc12)NC(=O)[C@H](Cc1ccccc1)NC(=O)[C@H](Cc1ccccc1)NC(=O)[C@@H](N)CCCN=C(N)N)C(N)=O. The van der Waals surface area contributed by atoms with Crippen LogP contribution < -0.4 is 49.5 Å². The third-order valence-corrected chi connectivity index (χ3v) is 11.1. The zero-order valence-corrected chi connectivity index (χ0v) is 37.5. The molecule has 4 aromatic rings. The van der Waals surface area contributed by atoms with Crippen LogP contribution in [0.4, 0.5) is 0 Å². The molecular weight excluding hydrogens is 835 g/mol. The van der Waals surface area contributed by atoms with E-state index in [-0.39, 0.29) is 50.5 Å². The van der Waals surface area contributed by atoms with Gasteiger partial charge in [-0.1, -0.05) is 92.7 Å². The minimum atomic E-state index is -1.25. The van der Waals surface area contributed by atoms with E-state index in [4.69, 9.17) is 22.9 Å². The highest BCUT2D eigenvalue weighted by molar-refractivity contribution is 7.98. The van der Waals surface area contributed by atoms with Crippen molar-refractivity contribution in [2.24, 2.45) is 33.8 Å². The maximum atomic E-state index is 14.6. The lowest BCUT2D eigenvalue weighted by Gasteiger charge is -2.28. The van der Waals surface area contributed by atoms with Gasteiger partial charge < -0.3 is 54.5 Å². The zero-order valence-electron chi connectivity index (χ0n) is 36.7. The summed E-state index contributed by atoms with van der Waals surface area (Å²) in [4.78, 5) is 90.0. The van der Waals surface area contributed by atoms with Gasteiger partial charge in [0.05, 0.1) is 6.04 Å². The van der Waals surface area contributed by atoms with Gasteiger partial charge in [-0.05, 0) is 66.4 Å². The van der Waals surface area contributed by atoms with Crippen molar-refractivity contribution in [1.82, 2.24) is 31.6 Å². The van der Waals surface area contributed by atoms with Crippen LogP contribution in [0.25, 0.3) is 10.9 Å². The van der Waals surface area contributed by atoms with Crippen LogP contribution in [0.15, 0.2) is 96.1 Å². The predicted octanol–water partition coefficient (Wildman–Crippen LogP) is 1.29.